The number of nitrogens with one attached hydrogen (secondary N) is 2. The highest BCUT2D eigenvalue weighted by Crippen LogP contribution is 2.22. The second-order valence-electron chi connectivity index (χ2n) is 5.76. The number of carbonyl (C=O) groups is 1. The van der Waals surface area contributed by atoms with Gasteiger partial charge in [0.25, 0.3) is 5.91 Å². The third-order valence-corrected chi connectivity index (χ3v) is 3.91. The van der Waals surface area contributed by atoms with Crippen molar-refractivity contribution < 1.29 is 9.53 Å². The van der Waals surface area contributed by atoms with E-state index in [1.165, 1.54) is 12.8 Å². The first-order chi connectivity index (χ1) is 10.0. The molecule has 0 aromatic heterocycles. The Hall–Kier alpha value is -1.07. The van der Waals surface area contributed by atoms with Gasteiger partial charge >= 0.3 is 0 Å². The molecular formula is C16H23BrN2O2. The van der Waals surface area contributed by atoms with Crippen molar-refractivity contribution in [3.8, 4) is 5.75 Å². The summed E-state index contributed by atoms with van der Waals surface area (Å²) in [4.78, 5) is 12.3. The number of hydrogen-bond acceptors (Lipinski definition) is 3. The quantitative estimate of drug-likeness (QED) is 0.854. The van der Waals surface area contributed by atoms with Gasteiger partial charge in [-0.1, -0.05) is 15.9 Å². The average Bonchev–Trinajstić information content (AvgIpc) is 2.44. The standard InChI is InChI=1S/C16H23BrN2O2/c1-11(2)21-15-7-13(6-14(17)8-15)16(20)19-10-12-4-3-5-18-9-12/h6-8,11-12,18H,3-5,9-10H2,1-2H3,(H,19,20). The van der Waals surface area contributed by atoms with Crippen LogP contribution in [0, 0.1) is 5.92 Å². The van der Waals surface area contributed by atoms with E-state index in [4.69, 9.17) is 4.74 Å². The van der Waals surface area contributed by atoms with Crippen molar-refractivity contribution >= 4 is 21.8 Å². The van der Waals surface area contributed by atoms with Gasteiger partial charge in [0.1, 0.15) is 5.75 Å². The highest BCUT2D eigenvalue weighted by Gasteiger charge is 2.15. The maximum atomic E-state index is 12.3. The second kappa shape index (κ2) is 7.80. The predicted molar refractivity (Wildman–Crippen MR) is 87.8 cm³/mol. The number of hydrogen-bond donors (Lipinski definition) is 2. The predicted octanol–water partition coefficient (Wildman–Crippen LogP) is 2.97. The van der Waals surface area contributed by atoms with Gasteiger partial charge in [-0.05, 0) is 63.9 Å². The molecule has 1 unspecified atom stereocenters. The zero-order valence-corrected chi connectivity index (χ0v) is 14.2. The molecule has 4 nitrogen and oxygen atoms in total. The summed E-state index contributed by atoms with van der Waals surface area (Å²) in [5.74, 6) is 1.19. The minimum atomic E-state index is -0.0459. The van der Waals surface area contributed by atoms with E-state index in [0.29, 0.717) is 17.2 Å². The van der Waals surface area contributed by atoms with Crippen molar-refractivity contribution in [2.75, 3.05) is 19.6 Å². The van der Waals surface area contributed by atoms with Crippen LogP contribution < -0.4 is 15.4 Å². The van der Waals surface area contributed by atoms with Crippen LogP contribution in [-0.2, 0) is 0 Å². The molecule has 1 aliphatic heterocycles. The Balaban J connectivity index is 1.96. The lowest BCUT2D eigenvalue weighted by molar-refractivity contribution is 0.0944. The largest absolute Gasteiger partial charge is 0.491 e. The fourth-order valence-corrected chi connectivity index (χ4v) is 2.94. The lowest BCUT2D eigenvalue weighted by Gasteiger charge is -2.23. The molecule has 0 radical (unpaired) electrons. The van der Waals surface area contributed by atoms with Crippen LogP contribution >= 0.6 is 15.9 Å². The Morgan fingerprint density at radius 1 is 1.48 bits per heavy atom. The number of benzene rings is 1. The molecule has 1 saturated heterocycles. The Bertz CT molecular complexity index is 485. The summed E-state index contributed by atoms with van der Waals surface area (Å²) in [5.41, 5.74) is 0.629. The van der Waals surface area contributed by atoms with Crippen LogP contribution in [-0.4, -0.2) is 31.6 Å². The number of amides is 1. The highest BCUT2D eigenvalue weighted by molar-refractivity contribution is 9.10. The molecular weight excluding hydrogens is 332 g/mol. The normalized spacial score (nSPS) is 18.6. The molecule has 1 aliphatic rings. The van der Waals surface area contributed by atoms with Crippen molar-refractivity contribution in [2.24, 2.45) is 5.92 Å². The van der Waals surface area contributed by atoms with E-state index in [1.807, 2.05) is 26.0 Å². The first-order valence-corrected chi connectivity index (χ1v) is 8.30. The molecule has 1 heterocycles. The van der Waals surface area contributed by atoms with Gasteiger partial charge in [0.2, 0.25) is 0 Å². The third kappa shape index (κ3) is 5.32. The summed E-state index contributed by atoms with van der Waals surface area (Å²) in [7, 11) is 0. The van der Waals surface area contributed by atoms with E-state index < -0.39 is 0 Å². The SMILES string of the molecule is CC(C)Oc1cc(Br)cc(C(=O)NCC2CCCNC2)c1. The zero-order chi connectivity index (χ0) is 15.2. The lowest BCUT2D eigenvalue weighted by atomic mass is 9.99. The molecule has 0 saturated carbocycles. The van der Waals surface area contributed by atoms with Crippen LogP contribution in [0.15, 0.2) is 22.7 Å². The molecule has 0 bridgehead atoms. The molecule has 1 aromatic carbocycles. The highest BCUT2D eigenvalue weighted by atomic mass is 79.9. The molecule has 0 aliphatic carbocycles. The first kappa shape index (κ1) is 16.3. The van der Waals surface area contributed by atoms with Crippen LogP contribution in [0.4, 0.5) is 0 Å². The van der Waals surface area contributed by atoms with Crippen molar-refractivity contribution in [3.05, 3.63) is 28.2 Å². The minimum absolute atomic E-state index is 0.0459. The molecule has 1 aromatic rings. The number of carbonyl (C=O) groups excluding carboxylic acids is 1. The zero-order valence-electron chi connectivity index (χ0n) is 12.6. The summed E-state index contributed by atoms with van der Waals surface area (Å²) < 4.78 is 6.51. The average molecular weight is 355 g/mol. The molecule has 21 heavy (non-hydrogen) atoms. The Labute approximate surface area is 134 Å². The van der Waals surface area contributed by atoms with Gasteiger partial charge < -0.3 is 15.4 Å². The van der Waals surface area contributed by atoms with E-state index in [9.17, 15) is 4.79 Å². The molecule has 0 spiro atoms. The van der Waals surface area contributed by atoms with Crippen molar-refractivity contribution in [1.29, 1.82) is 0 Å². The van der Waals surface area contributed by atoms with Crippen molar-refractivity contribution in [2.45, 2.75) is 32.8 Å². The monoisotopic (exact) mass is 354 g/mol. The molecule has 2 N–H and O–H groups in total. The molecule has 1 fully saturated rings. The number of rotatable bonds is 5. The van der Waals surface area contributed by atoms with Gasteiger partial charge in [0.05, 0.1) is 6.10 Å². The van der Waals surface area contributed by atoms with Crippen LogP contribution in [0.3, 0.4) is 0 Å². The second-order valence-corrected chi connectivity index (χ2v) is 6.68. The van der Waals surface area contributed by atoms with Gasteiger partial charge in [-0.2, -0.15) is 0 Å². The van der Waals surface area contributed by atoms with Gasteiger partial charge in [-0.25, -0.2) is 0 Å². The van der Waals surface area contributed by atoms with Crippen LogP contribution in [0.2, 0.25) is 0 Å². The van der Waals surface area contributed by atoms with E-state index in [-0.39, 0.29) is 12.0 Å². The van der Waals surface area contributed by atoms with Gasteiger partial charge in [0.15, 0.2) is 0 Å². The smallest absolute Gasteiger partial charge is 0.251 e. The maximum Gasteiger partial charge on any atom is 0.251 e. The van der Waals surface area contributed by atoms with Crippen molar-refractivity contribution in [3.63, 3.8) is 0 Å². The summed E-state index contributed by atoms with van der Waals surface area (Å²) in [6.07, 6.45) is 2.45. The fraction of sp³-hybridized carbons (Fsp3) is 0.562. The number of piperidine rings is 1. The molecule has 1 atom stereocenters. The van der Waals surface area contributed by atoms with Crippen LogP contribution in [0.5, 0.6) is 5.75 Å². The minimum Gasteiger partial charge on any atom is -0.491 e. The summed E-state index contributed by atoms with van der Waals surface area (Å²) in [6.45, 7) is 6.73. The van der Waals surface area contributed by atoms with Crippen LogP contribution in [0.25, 0.3) is 0 Å². The molecule has 116 valence electrons. The third-order valence-electron chi connectivity index (χ3n) is 3.46. The number of ether oxygens (including phenoxy) is 1. The summed E-state index contributed by atoms with van der Waals surface area (Å²) in [5, 5.41) is 6.38. The Morgan fingerprint density at radius 3 is 2.95 bits per heavy atom. The Kier molecular flexibility index (Phi) is 6.06. The van der Waals surface area contributed by atoms with E-state index >= 15 is 0 Å². The van der Waals surface area contributed by atoms with Crippen molar-refractivity contribution in [1.82, 2.24) is 10.6 Å². The molecule has 2 rings (SSSR count). The molecule has 1 amide bonds. The Morgan fingerprint density at radius 2 is 2.29 bits per heavy atom. The van der Waals surface area contributed by atoms with Gasteiger partial charge in [-0.15, -0.1) is 0 Å². The van der Waals surface area contributed by atoms with Crippen LogP contribution in [0.1, 0.15) is 37.0 Å². The topological polar surface area (TPSA) is 50.4 Å². The van der Waals surface area contributed by atoms with Gasteiger partial charge in [0, 0.05) is 16.6 Å². The molecule has 5 heteroatoms. The summed E-state index contributed by atoms with van der Waals surface area (Å²) >= 11 is 3.43. The van der Waals surface area contributed by atoms with E-state index in [1.54, 1.807) is 6.07 Å². The first-order valence-electron chi connectivity index (χ1n) is 7.51. The van der Waals surface area contributed by atoms with E-state index in [0.717, 1.165) is 24.1 Å². The maximum absolute atomic E-state index is 12.3. The lowest BCUT2D eigenvalue weighted by Crippen LogP contribution is -2.38. The number of halogens is 1. The summed E-state index contributed by atoms with van der Waals surface area (Å²) in [6, 6.07) is 5.49. The van der Waals surface area contributed by atoms with E-state index in [2.05, 4.69) is 26.6 Å². The van der Waals surface area contributed by atoms with Gasteiger partial charge in [-0.3, -0.25) is 4.79 Å². The fourth-order valence-electron chi connectivity index (χ4n) is 2.47.